The van der Waals surface area contributed by atoms with E-state index >= 15 is 0 Å². The second-order valence-corrected chi connectivity index (χ2v) is 5.72. The summed E-state index contributed by atoms with van der Waals surface area (Å²) >= 11 is 0. The molecule has 0 atom stereocenters. The van der Waals surface area contributed by atoms with E-state index in [1.54, 1.807) is 0 Å². The summed E-state index contributed by atoms with van der Waals surface area (Å²) in [7, 11) is 0. The van der Waals surface area contributed by atoms with Gasteiger partial charge in [0.2, 0.25) is 0 Å². The van der Waals surface area contributed by atoms with Crippen LogP contribution in [0.5, 0.6) is 0 Å². The third kappa shape index (κ3) is 3.99. The molecule has 3 nitrogen and oxygen atoms in total. The van der Waals surface area contributed by atoms with Crippen molar-refractivity contribution in [1.82, 2.24) is 5.32 Å². The highest BCUT2D eigenvalue weighted by atomic mass is 16.2. The predicted molar refractivity (Wildman–Crippen MR) is 84.2 cm³/mol. The van der Waals surface area contributed by atoms with Crippen LogP contribution in [0.15, 0.2) is 24.3 Å². The highest BCUT2D eigenvalue weighted by Crippen LogP contribution is 2.19. The molecule has 0 saturated heterocycles. The molecule has 0 aliphatic heterocycles. The van der Waals surface area contributed by atoms with E-state index < -0.39 is 0 Å². The van der Waals surface area contributed by atoms with Gasteiger partial charge in [-0.3, -0.25) is 4.90 Å². The van der Waals surface area contributed by atoms with Crippen molar-refractivity contribution in [3.8, 4) is 0 Å². The number of hydrogen-bond acceptors (Lipinski definition) is 1. The van der Waals surface area contributed by atoms with Gasteiger partial charge in [-0.1, -0.05) is 37.8 Å². The van der Waals surface area contributed by atoms with Gasteiger partial charge in [-0.25, -0.2) is 4.79 Å². The second-order valence-electron chi connectivity index (χ2n) is 5.72. The lowest BCUT2D eigenvalue weighted by molar-refractivity contribution is 0.241. The predicted octanol–water partition coefficient (Wildman–Crippen LogP) is 4.25. The highest BCUT2D eigenvalue weighted by molar-refractivity contribution is 5.92. The maximum atomic E-state index is 12.5. The number of carbonyl (C=O) groups excluding carboxylic acids is 1. The van der Waals surface area contributed by atoms with Crippen LogP contribution < -0.4 is 10.2 Å². The maximum Gasteiger partial charge on any atom is 0.322 e. The van der Waals surface area contributed by atoms with Gasteiger partial charge >= 0.3 is 6.03 Å². The monoisotopic (exact) mass is 274 g/mol. The summed E-state index contributed by atoms with van der Waals surface area (Å²) in [5.41, 5.74) is 2.17. The third-order valence-corrected chi connectivity index (χ3v) is 4.06. The van der Waals surface area contributed by atoms with E-state index in [1.807, 2.05) is 24.0 Å². The Bertz CT molecular complexity index is 436. The fraction of sp³-hybridized carbons (Fsp3) is 0.588. The molecule has 0 unspecified atom stereocenters. The lowest BCUT2D eigenvalue weighted by Gasteiger charge is -2.25. The Hall–Kier alpha value is -1.51. The lowest BCUT2D eigenvalue weighted by Crippen LogP contribution is -2.44. The molecular weight excluding hydrogens is 248 g/mol. The van der Waals surface area contributed by atoms with Crippen molar-refractivity contribution < 1.29 is 4.79 Å². The first kappa shape index (κ1) is 14.9. The Labute approximate surface area is 122 Å². The molecule has 0 heterocycles. The number of aryl methyl sites for hydroxylation is 1. The van der Waals surface area contributed by atoms with E-state index in [4.69, 9.17) is 0 Å². The summed E-state index contributed by atoms with van der Waals surface area (Å²) in [6.45, 7) is 4.78. The standard InChI is InChI=1S/C17H26N2O/c1-3-19(16-12-8-9-14(2)13-16)17(20)18-15-10-6-4-5-7-11-15/h8-9,12-13,15H,3-7,10-11H2,1-2H3,(H,18,20). The van der Waals surface area contributed by atoms with Gasteiger partial charge in [0.25, 0.3) is 0 Å². The van der Waals surface area contributed by atoms with Crippen LogP contribution in [0.2, 0.25) is 0 Å². The number of rotatable bonds is 3. The van der Waals surface area contributed by atoms with E-state index in [0.717, 1.165) is 18.5 Å². The summed E-state index contributed by atoms with van der Waals surface area (Å²) in [5, 5.41) is 3.21. The fourth-order valence-electron chi connectivity index (χ4n) is 2.92. The molecule has 0 radical (unpaired) electrons. The molecule has 1 aromatic carbocycles. The summed E-state index contributed by atoms with van der Waals surface area (Å²) < 4.78 is 0. The van der Waals surface area contributed by atoms with Crippen LogP contribution in [0, 0.1) is 6.92 Å². The van der Waals surface area contributed by atoms with Crippen molar-refractivity contribution >= 4 is 11.7 Å². The van der Waals surface area contributed by atoms with Crippen LogP contribution in [-0.4, -0.2) is 18.6 Å². The molecule has 1 aliphatic carbocycles. The summed E-state index contributed by atoms with van der Waals surface area (Å²) in [4.78, 5) is 14.3. The summed E-state index contributed by atoms with van der Waals surface area (Å²) in [6.07, 6.45) is 7.33. The van der Waals surface area contributed by atoms with Gasteiger partial charge in [0, 0.05) is 18.3 Å². The van der Waals surface area contributed by atoms with Crippen LogP contribution in [0.25, 0.3) is 0 Å². The Kier molecular flexibility index (Phi) is 5.45. The van der Waals surface area contributed by atoms with Crippen molar-refractivity contribution in [1.29, 1.82) is 0 Å². The SMILES string of the molecule is CCN(C(=O)NC1CCCCCC1)c1cccc(C)c1. The van der Waals surface area contributed by atoms with Gasteiger partial charge in [0.15, 0.2) is 0 Å². The molecule has 0 aromatic heterocycles. The number of amides is 2. The summed E-state index contributed by atoms with van der Waals surface area (Å²) in [5.74, 6) is 0. The minimum atomic E-state index is 0.0463. The van der Waals surface area contributed by atoms with E-state index in [9.17, 15) is 4.79 Å². The zero-order valence-electron chi connectivity index (χ0n) is 12.7. The van der Waals surface area contributed by atoms with E-state index in [2.05, 4.69) is 24.4 Å². The van der Waals surface area contributed by atoms with Gasteiger partial charge in [-0.2, -0.15) is 0 Å². The van der Waals surface area contributed by atoms with Crippen LogP contribution in [0.4, 0.5) is 10.5 Å². The normalized spacial score (nSPS) is 16.5. The Balaban J connectivity index is 2.01. The zero-order valence-corrected chi connectivity index (χ0v) is 12.7. The molecule has 2 amide bonds. The second kappa shape index (κ2) is 7.32. The van der Waals surface area contributed by atoms with Gasteiger partial charge in [-0.15, -0.1) is 0 Å². The first-order valence-corrected chi connectivity index (χ1v) is 7.85. The minimum Gasteiger partial charge on any atom is -0.335 e. The van der Waals surface area contributed by atoms with E-state index in [1.165, 1.54) is 31.2 Å². The fourth-order valence-corrected chi connectivity index (χ4v) is 2.92. The molecule has 3 heteroatoms. The average Bonchev–Trinajstić information content (AvgIpc) is 2.68. The molecule has 0 spiro atoms. The van der Waals surface area contributed by atoms with Crippen LogP contribution >= 0.6 is 0 Å². The molecular formula is C17H26N2O. The third-order valence-electron chi connectivity index (χ3n) is 4.06. The Morgan fingerprint density at radius 1 is 1.25 bits per heavy atom. The molecule has 2 rings (SSSR count). The van der Waals surface area contributed by atoms with Gasteiger partial charge < -0.3 is 5.32 Å². The van der Waals surface area contributed by atoms with Crippen LogP contribution in [-0.2, 0) is 0 Å². The molecule has 0 bridgehead atoms. The lowest BCUT2D eigenvalue weighted by atomic mass is 10.1. The molecule has 1 fully saturated rings. The molecule has 20 heavy (non-hydrogen) atoms. The average molecular weight is 274 g/mol. The van der Waals surface area contributed by atoms with Crippen molar-refractivity contribution in [2.45, 2.75) is 58.4 Å². The topological polar surface area (TPSA) is 32.3 Å². The van der Waals surface area contributed by atoms with Gasteiger partial charge in [0.05, 0.1) is 0 Å². The number of urea groups is 1. The number of carbonyl (C=O) groups is 1. The highest BCUT2D eigenvalue weighted by Gasteiger charge is 2.19. The zero-order chi connectivity index (χ0) is 14.4. The number of nitrogens with one attached hydrogen (secondary N) is 1. The number of benzene rings is 1. The van der Waals surface area contributed by atoms with E-state index in [-0.39, 0.29) is 6.03 Å². The Morgan fingerprint density at radius 3 is 2.55 bits per heavy atom. The quantitative estimate of drug-likeness (QED) is 0.821. The largest absolute Gasteiger partial charge is 0.335 e. The number of hydrogen-bond donors (Lipinski definition) is 1. The maximum absolute atomic E-state index is 12.5. The first-order chi connectivity index (χ1) is 9.70. The molecule has 1 aliphatic rings. The van der Waals surface area contributed by atoms with Crippen molar-refractivity contribution in [2.75, 3.05) is 11.4 Å². The van der Waals surface area contributed by atoms with Crippen LogP contribution in [0.1, 0.15) is 51.0 Å². The Morgan fingerprint density at radius 2 is 1.95 bits per heavy atom. The van der Waals surface area contributed by atoms with Crippen LogP contribution in [0.3, 0.4) is 0 Å². The van der Waals surface area contributed by atoms with Crippen molar-refractivity contribution in [3.05, 3.63) is 29.8 Å². The van der Waals surface area contributed by atoms with E-state index in [0.29, 0.717) is 12.6 Å². The number of nitrogens with zero attached hydrogens (tertiary/aromatic N) is 1. The molecule has 1 aromatic rings. The molecule has 1 N–H and O–H groups in total. The molecule has 110 valence electrons. The number of anilines is 1. The smallest absolute Gasteiger partial charge is 0.322 e. The van der Waals surface area contributed by atoms with Crippen molar-refractivity contribution in [2.24, 2.45) is 0 Å². The van der Waals surface area contributed by atoms with Gasteiger partial charge in [0.1, 0.15) is 0 Å². The molecule has 1 saturated carbocycles. The summed E-state index contributed by atoms with van der Waals surface area (Å²) in [6, 6.07) is 8.53. The van der Waals surface area contributed by atoms with Gasteiger partial charge in [-0.05, 0) is 44.4 Å². The minimum absolute atomic E-state index is 0.0463. The van der Waals surface area contributed by atoms with Crippen molar-refractivity contribution in [3.63, 3.8) is 0 Å². The first-order valence-electron chi connectivity index (χ1n) is 7.85.